The number of hydrogen-bond donors (Lipinski definition) is 0. The lowest BCUT2D eigenvalue weighted by Gasteiger charge is -2.23. The summed E-state index contributed by atoms with van der Waals surface area (Å²) < 4.78 is 0. The number of hydrogen-bond acceptors (Lipinski definition) is 4. The molecule has 1 aliphatic rings. The summed E-state index contributed by atoms with van der Waals surface area (Å²) in [7, 11) is 0. The number of nitrogens with zero attached hydrogens (tertiary/aromatic N) is 3. The van der Waals surface area contributed by atoms with Crippen LogP contribution in [0.2, 0.25) is 0 Å². The van der Waals surface area contributed by atoms with Crippen molar-refractivity contribution in [3.8, 4) is 0 Å². The van der Waals surface area contributed by atoms with Crippen molar-refractivity contribution >= 4 is 35.1 Å². The lowest BCUT2D eigenvalue weighted by molar-refractivity contribution is 0.709. The maximum absolute atomic E-state index is 5.08. The maximum atomic E-state index is 5.08. The van der Waals surface area contributed by atoms with Crippen LogP contribution in [0.25, 0.3) is 0 Å². The molecule has 3 nitrogen and oxygen atoms in total. The number of anilines is 1. The molecule has 0 bridgehead atoms. The van der Waals surface area contributed by atoms with E-state index in [0.29, 0.717) is 0 Å². The van der Waals surface area contributed by atoms with Crippen LogP contribution < -0.4 is 5.01 Å². The van der Waals surface area contributed by atoms with Crippen molar-refractivity contribution in [2.24, 2.45) is 10.1 Å². The Morgan fingerprint density at radius 2 is 1.24 bits per heavy atom. The Bertz CT molecular complexity index is 1530. The van der Waals surface area contributed by atoms with Crippen LogP contribution in [0, 0.1) is 0 Å². The molecule has 0 saturated heterocycles. The summed E-state index contributed by atoms with van der Waals surface area (Å²) in [6.45, 7) is 0. The first-order valence-corrected chi connectivity index (χ1v) is 13.6. The summed E-state index contributed by atoms with van der Waals surface area (Å²) in [4.78, 5) is 6.98. The maximum Gasteiger partial charge on any atom is 0.0831 e. The Kier molecular flexibility index (Phi) is 7.14. The van der Waals surface area contributed by atoms with Gasteiger partial charge in [0.05, 0.1) is 23.1 Å². The van der Waals surface area contributed by atoms with Crippen molar-refractivity contribution in [1.82, 2.24) is 0 Å². The van der Waals surface area contributed by atoms with Crippen molar-refractivity contribution in [3.63, 3.8) is 0 Å². The van der Waals surface area contributed by atoms with E-state index < -0.39 is 0 Å². The predicted molar refractivity (Wildman–Crippen MR) is 160 cm³/mol. The monoisotopic (exact) mass is 509 g/mol. The molecule has 0 saturated carbocycles. The average Bonchev–Trinajstić information content (AvgIpc) is 3.44. The van der Waals surface area contributed by atoms with Gasteiger partial charge in [0.25, 0.3) is 0 Å². The molecule has 1 heterocycles. The van der Waals surface area contributed by atoms with E-state index in [1.54, 1.807) is 11.8 Å². The average molecular weight is 510 g/mol. The van der Waals surface area contributed by atoms with Crippen molar-refractivity contribution in [1.29, 1.82) is 0 Å². The van der Waals surface area contributed by atoms with Gasteiger partial charge in [0, 0.05) is 22.4 Å². The van der Waals surface area contributed by atoms with E-state index in [9.17, 15) is 0 Å². The second kappa shape index (κ2) is 11.3. The molecule has 0 aliphatic carbocycles. The molecule has 184 valence electrons. The zero-order valence-electron chi connectivity index (χ0n) is 20.9. The summed E-state index contributed by atoms with van der Waals surface area (Å²) in [5, 5.41) is 7.24. The molecule has 0 amide bonds. The number of rotatable bonds is 7. The molecule has 1 atom stereocenters. The minimum atomic E-state index is 0.186. The third-order valence-electron chi connectivity index (χ3n) is 6.54. The molecule has 0 radical (unpaired) electrons. The molecule has 1 aliphatic heterocycles. The standard InChI is InChI=1S/C34H27N3S/c1-4-10-26(11-5-1)25-35-29-18-22-32(23-19-29)38-31-20-16-27(17-21-31)33-24-34(28-12-6-2-7-13-28)37(36-33)30-14-8-3-9-15-30/h1-23,25,34H,24H2. The van der Waals surface area contributed by atoms with Gasteiger partial charge in [-0.15, -0.1) is 0 Å². The molecule has 0 N–H and O–H groups in total. The predicted octanol–water partition coefficient (Wildman–Crippen LogP) is 8.94. The van der Waals surface area contributed by atoms with Gasteiger partial charge in [-0.2, -0.15) is 5.10 Å². The highest BCUT2D eigenvalue weighted by molar-refractivity contribution is 7.99. The SMILES string of the molecule is C(=Nc1ccc(Sc2ccc(C3=NN(c4ccccc4)C(c4ccccc4)C3)cc2)cc1)c1ccccc1. The van der Waals surface area contributed by atoms with Crippen LogP contribution in [0.3, 0.4) is 0 Å². The summed E-state index contributed by atoms with van der Waals surface area (Å²) in [5.41, 5.74) is 6.71. The van der Waals surface area contributed by atoms with E-state index in [1.165, 1.54) is 20.9 Å². The largest absolute Gasteiger partial charge is 0.257 e. The van der Waals surface area contributed by atoms with Gasteiger partial charge >= 0.3 is 0 Å². The zero-order valence-corrected chi connectivity index (χ0v) is 21.7. The third-order valence-corrected chi connectivity index (χ3v) is 7.55. The quantitative estimate of drug-likeness (QED) is 0.205. The molecule has 5 aromatic rings. The molecular weight excluding hydrogens is 482 g/mol. The van der Waals surface area contributed by atoms with E-state index in [1.807, 2.05) is 30.5 Å². The first-order valence-electron chi connectivity index (χ1n) is 12.8. The smallest absolute Gasteiger partial charge is 0.0831 e. The van der Waals surface area contributed by atoms with Crippen molar-refractivity contribution < 1.29 is 0 Å². The fourth-order valence-electron chi connectivity index (χ4n) is 4.58. The third kappa shape index (κ3) is 5.61. The van der Waals surface area contributed by atoms with Gasteiger partial charge in [-0.1, -0.05) is 103 Å². The second-order valence-corrected chi connectivity index (χ2v) is 10.3. The number of para-hydroxylation sites is 1. The van der Waals surface area contributed by atoms with Crippen LogP contribution >= 0.6 is 11.8 Å². The van der Waals surface area contributed by atoms with Crippen LogP contribution in [-0.2, 0) is 0 Å². The molecule has 0 fully saturated rings. The number of hydrazone groups is 1. The summed E-state index contributed by atoms with van der Waals surface area (Å²) in [6.07, 6.45) is 2.77. The summed E-state index contributed by atoms with van der Waals surface area (Å²) >= 11 is 1.75. The van der Waals surface area contributed by atoms with Gasteiger partial charge < -0.3 is 0 Å². The van der Waals surface area contributed by atoms with E-state index in [2.05, 4.69) is 125 Å². The Balaban J connectivity index is 1.16. The zero-order chi connectivity index (χ0) is 25.6. The van der Waals surface area contributed by atoms with E-state index in [4.69, 9.17) is 5.10 Å². The Labute approximate surface area is 228 Å². The Hall–Kier alpha value is -4.41. The van der Waals surface area contributed by atoms with Crippen molar-refractivity contribution in [2.45, 2.75) is 22.3 Å². The first kappa shape index (κ1) is 24.0. The van der Waals surface area contributed by atoms with Crippen molar-refractivity contribution in [2.75, 3.05) is 5.01 Å². The van der Waals surface area contributed by atoms with Crippen LogP contribution in [0.4, 0.5) is 11.4 Å². The minimum Gasteiger partial charge on any atom is -0.257 e. The molecule has 6 rings (SSSR count). The highest BCUT2D eigenvalue weighted by atomic mass is 32.2. The lowest BCUT2D eigenvalue weighted by atomic mass is 9.98. The summed E-state index contributed by atoms with van der Waals surface area (Å²) in [6, 6.07) is 48.6. The molecule has 0 aromatic heterocycles. The number of aliphatic imine (C=N–C) groups is 1. The lowest BCUT2D eigenvalue weighted by Crippen LogP contribution is -2.18. The Morgan fingerprint density at radius 1 is 0.658 bits per heavy atom. The second-order valence-electron chi connectivity index (χ2n) is 9.15. The molecule has 5 aromatic carbocycles. The van der Waals surface area contributed by atoms with Gasteiger partial charge in [-0.05, 0) is 65.2 Å². The number of benzene rings is 5. The van der Waals surface area contributed by atoms with Gasteiger partial charge in [-0.3, -0.25) is 10.0 Å². The highest BCUT2D eigenvalue weighted by Gasteiger charge is 2.29. The van der Waals surface area contributed by atoms with Crippen molar-refractivity contribution in [3.05, 3.63) is 156 Å². The normalized spacial score (nSPS) is 15.1. The molecule has 4 heteroatoms. The van der Waals surface area contributed by atoms with E-state index >= 15 is 0 Å². The Morgan fingerprint density at radius 3 is 1.89 bits per heavy atom. The van der Waals surface area contributed by atoms with Crippen LogP contribution in [0.5, 0.6) is 0 Å². The topological polar surface area (TPSA) is 28.0 Å². The summed E-state index contributed by atoms with van der Waals surface area (Å²) in [5.74, 6) is 0. The fraction of sp³-hybridized carbons (Fsp3) is 0.0588. The van der Waals surface area contributed by atoms with Gasteiger partial charge in [0.15, 0.2) is 0 Å². The molecule has 38 heavy (non-hydrogen) atoms. The molecule has 0 spiro atoms. The van der Waals surface area contributed by atoms with Crippen LogP contribution in [0.15, 0.2) is 159 Å². The van der Waals surface area contributed by atoms with E-state index in [-0.39, 0.29) is 6.04 Å². The van der Waals surface area contributed by atoms with Crippen LogP contribution in [0.1, 0.15) is 29.2 Å². The van der Waals surface area contributed by atoms with Crippen LogP contribution in [-0.4, -0.2) is 11.9 Å². The first-order chi connectivity index (χ1) is 18.8. The van der Waals surface area contributed by atoms with E-state index in [0.717, 1.165) is 29.1 Å². The fourth-order valence-corrected chi connectivity index (χ4v) is 5.39. The van der Waals surface area contributed by atoms with Gasteiger partial charge in [0.1, 0.15) is 0 Å². The van der Waals surface area contributed by atoms with Gasteiger partial charge in [-0.25, -0.2) is 0 Å². The molecular formula is C34H27N3S. The molecule has 1 unspecified atom stereocenters. The minimum absolute atomic E-state index is 0.186. The van der Waals surface area contributed by atoms with Gasteiger partial charge in [0.2, 0.25) is 0 Å². The highest BCUT2D eigenvalue weighted by Crippen LogP contribution is 2.37.